The standard InChI is InChI=1S/C12H13N7O/c1-19-6-15-10(18-19)5-14-12-16-9-3-2-7(13)4-8(9)11(20)17-12/h2-4,6H,5,13H2,1H3,(H2,14,16,17,20). The molecule has 0 aliphatic carbocycles. The van der Waals surface area contributed by atoms with E-state index >= 15 is 0 Å². The van der Waals surface area contributed by atoms with Gasteiger partial charge in [0, 0.05) is 12.7 Å². The fourth-order valence-electron chi connectivity index (χ4n) is 1.87. The molecule has 0 atom stereocenters. The van der Waals surface area contributed by atoms with Gasteiger partial charge in [0.15, 0.2) is 5.82 Å². The van der Waals surface area contributed by atoms with Gasteiger partial charge in [0.05, 0.1) is 17.4 Å². The van der Waals surface area contributed by atoms with E-state index in [2.05, 4.69) is 25.4 Å². The van der Waals surface area contributed by atoms with Gasteiger partial charge < -0.3 is 11.1 Å². The molecule has 102 valence electrons. The van der Waals surface area contributed by atoms with Gasteiger partial charge in [-0.05, 0) is 18.2 Å². The van der Waals surface area contributed by atoms with Crippen molar-refractivity contribution in [3.05, 3.63) is 40.7 Å². The van der Waals surface area contributed by atoms with Crippen LogP contribution in [-0.4, -0.2) is 24.7 Å². The van der Waals surface area contributed by atoms with Crippen LogP contribution in [0.25, 0.3) is 10.9 Å². The number of H-pyrrole nitrogens is 1. The van der Waals surface area contributed by atoms with Gasteiger partial charge in [0.1, 0.15) is 6.33 Å². The summed E-state index contributed by atoms with van der Waals surface area (Å²) in [6.45, 7) is 0.379. The molecular weight excluding hydrogens is 258 g/mol. The van der Waals surface area contributed by atoms with Gasteiger partial charge in [-0.1, -0.05) is 0 Å². The lowest BCUT2D eigenvalue weighted by molar-refractivity contribution is 0.746. The Labute approximate surface area is 113 Å². The first-order valence-corrected chi connectivity index (χ1v) is 6.00. The van der Waals surface area contributed by atoms with Gasteiger partial charge in [0.25, 0.3) is 5.56 Å². The third-order valence-electron chi connectivity index (χ3n) is 2.79. The predicted molar refractivity (Wildman–Crippen MR) is 75.1 cm³/mol. The van der Waals surface area contributed by atoms with E-state index < -0.39 is 0 Å². The molecule has 0 spiro atoms. The number of nitrogens with zero attached hydrogens (tertiary/aromatic N) is 4. The van der Waals surface area contributed by atoms with E-state index in [-0.39, 0.29) is 5.56 Å². The van der Waals surface area contributed by atoms with Crippen LogP contribution in [0.15, 0.2) is 29.3 Å². The van der Waals surface area contributed by atoms with Crippen LogP contribution in [0.5, 0.6) is 0 Å². The zero-order valence-corrected chi connectivity index (χ0v) is 10.8. The third kappa shape index (κ3) is 2.30. The summed E-state index contributed by atoms with van der Waals surface area (Å²) in [6.07, 6.45) is 1.61. The Kier molecular flexibility index (Phi) is 2.82. The van der Waals surface area contributed by atoms with Crippen molar-refractivity contribution in [3.63, 3.8) is 0 Å². The molecule has 0 bridgehead atoms. The van der Waals surface area contributed by atoms with Crippen molar-refractivity contribution in [3.8, 4) is 0 Å². The molecule has 2 aromatic heterocycles. The van der Waals surface area contributed by atoms with Crippen LogP contribution in [0.1, 0.15) is 5.82 Å². The van der Waals surface area contributed by atoms with E-state index in [9.17, 15) is 4.79 Å². The lowest BCUT2D eigenvalue weighted by atomic mass is 10.2. The smallest absolute Gasteiger partial charge is 0.260 e. The summed E-state index contributed by atoms with van der Waals surface area (Å²) >= 11 is 0. The molecule has 3 rings (SSSR count). The predicted octanol–water partition coefficient (Wildman–Crippen LogP) is 0.246. The number of nitrogen functional groups attached to an aromatic ring is 1. The summed E-state index contributed by atoms with van der Waals surface area (Å²) in [5.74, 6) is 0.993. The first-order chi connectivity index (χ1) is 9.61. The summed E-state index contributed by atoms with van der Waals surface area (Å²) in [5.41, 5.74) is 6.53. The summed E-state index contributed by atoms with van der Waals surface area (Å²) in [5, 5.41) is 7.58. The quantitative estimate of drug-likeness (QED) is 0.588. The second-order valence-electron chi connectivity index (χ2n) is 4.38. The van der Waals surface area contributed by atoms with Crippen LogP contribution < -0.4 is 16.6 Å². The molecular formula is C12H13N7O. The van der Waals surface area contributed by atoms with E-state index in [4.69, 9.17) is 5.73 Å². The summed E-state index contributed by atoms with van der Waals surface area (Å²) in [7, 11) is 1.79. The molecule has 3 aromatic rings. The maximum atomic E-state index is 11.9. The normalized spacial score (nSPS) is 10.8. The number of aromatic amines is 1. The topological polar surface area (TPSA) is 115 Å². The molecule has 8 heteroatoms. The lowest BCUT2D eigenvalue weighted by Crippen LogP contribution is -2.14. The molecule has 0 aliphatic heterocycles. The Balaban J connectivity index is 1.89. The number of benzene rings is 1. The maximum absolute atomic E-state index is 11.9. The number of aromatic nitrogens is 5. The molecule has 20 heavy (non-hydrogen) atoms. The Morgan fingerprint density at radius 3 is 3.05 bits per heavy atom. The highest BCUT2D eigenvalue weighted by molar-refractivity contribution is 5.81. The highest BCUT2D eigenvalue weighted by Crippen LogP contribution is 2.12. The van der Waals surface area contributed by atoms with Gasteiger partial charge in [-0.15, -0.1) is 0 Å². The first kappa shape index (κ1) is 12.2. The van der Waals surface area contributed by atoms with Gasteiger partial charge >= 0.3 is 0 Å². The monoisotopic (exact) mass is 271 g/mol. The summed E-state index contributed by atoms with van der Waals surface area (Å²) in [4.78, 5) is 23.0. The maximum Gasteiger partial charge on any atom is 0.260 e. The molecule has 2 heterocycles. The number of hydrogen-bond donors (Lipinski definition) is 3. The minimum atomic E-state index is -0.237. The van der Waals surface area contributed by atoms with Crippen molar-refractivity contribution >= 4 is 22.5 Å². The fourth-order valence-corrected chi connectivity index (χ4v) is 1.87. The van der Waals surface area contributed by atoms with Crippen molar-refractivity contribution in [2.75, 3.05) is 11.1 Å². The molecule has 1 aromatic carbocycles. The zero-order valence-electron chi connectivity index (χ0n) is 10.8. The first-order valence-electron chi connectivity index (χ1n) is 6.00. The van der Waals surface area contributed by atoms with Crippen LogP contribution in [0, 0.1) is 0 Å². The van der Waals surface area contributed by atoms with Gasteiger partial charge in [0.2, 0.25) is 5.95 Å². The van der Waals surface area contributed by atoms with Crippen LogP contribution in [-0.2, 0) is 13.6 Å². The average Bonchev–Trinajstić information content (AvgIpc) is 2.83. The minimum absolute atomic E-state index is 0.237. The molecule has 0 saturated heterocycles. The Morgan fingerprint density at radius 1 is 1.45 bits per heavy atom. The van der Waals surface area contributed by atoms with Crippen LogP contribution >= 0.6 is 0 Å². The van der Waals surface area contributed by atoms with Crippen molar-refractivity contribution in [1.29, 1.82) is 0 Å². The zero-order chi connectivity index (χ0) is 14.1. The van der Waals surface area contributed by atoms with E-state index in [1.165, 1.54) is 0 Å². The largest absolute Gasteiger partial charge is 0.399 e. The SMILES string of the molecule is Cn1cnc(CNc2nc3ccc(N)cc3c(=O)[nH]2)n1. The summed E-state index contributed by atoms with van der Waals surface area (Å²) in [6, 6.07) is 5.02. The second-order valence-corrected chi connectivity index (χ2v) is 4.38. The van der Waals surface area contributed by atoms with Crippen molar-refractivity contribution < 1.29 is 0 Å². The molecule has 0 amide bonds. The van der Waals surface area contributed by atoms with Crippen LogP contribution in [0.3, 0.4) is 0 Å². The molecule has 0 fully saturated rings. The number of hydrogen-bond acceptors (Lipinski definition) is 6. The molecule has 0 radical (unpaired) electrons. The van der Waals surface area contributed by atoms with E-state index in [1.807, 2.05) is 0 Å². The lowest BCUT2D eigenvalue weighted by Gasteiger charge is -2.04. The summed E-state index contributed by atoms with van der Waals surface area (Å²) < 4.78 is 1.61. The van der Waals surface area contributed by atoms with Gasteiger partial charge in [-0.3, -0.25) is 14.5 Å². The number of nitrogens with two attached hydrogens (primary N) is 1. The number of nitrogens with one attached hydrogen (secondary N) is 2. The highest BCUT2D eigenvalue weighted by atomic mass is 16.1. The number of anilines is 2. The van der Waals surface area contributed by atoms with E-state index in [0.717, 1.165) is 0 Å². The average molecular weight is 271 g/mol. The second kappa shape index (κ2) is 4.65. The molecule has 0 aliphatic rings. The number of fused-ring (bicyclic) bond motifs is 1. The van der Waals surface area contributed by atoms with Crippen molar-refractivity contribution in [2.45, 2.75) is 6.54 Å². The van der Waals surface area contributed by atoms with Gasteiger partial charge in [-0.2, -0.15) is 5.10 Å². The Bertz CT molecular complexity index is 820. The van der Waals surface area contributed by atoms with Crippen LogP contribution in [0.4, 0.5) is 11.6 Å². The Morgan fingerprint density at radius 2 is 2.30 bits per heavy atom. The van der Waals surface area contributed by atoms with Crippen LogP contribution in [0.2, 0.25) is 0 Å². The van der Waals surface area contributed by atoms with Crippen molar-refractivity contribution in [2.24, 2.45) is 7.05 Å². The molecule has 0 unspecified atom stereocenters. The van der Waals surface area contributed by atoms with E-state index in [0.29, 0.717) is 34.9 Å². The molecule has 8 nitrogen and oxygen atoms in total. The molecule has 0 saturated carbocycles. The van der Waals surface area contributed by atoms with E-state index in [1.54, 1.807) is 36.3 Å². The molecule has 4 N–H and O–H groups in total. The van der Waals surface area contributed by atoms with Crippen molar-refractivity contribution in [1.82, 2.24) is 24.7 Å². The van der Waals surface area contributed by atoms with Gasteiger partial charge in [-0.25, -0.2) is 9.97 Å². The highest BCUT2D eigenvalue weighted by Gasteiger charge is 2.05. The Hall–Kier alpha value is -2.90. The third-order valence-corrected chi connectivity index (χ3v) is 2.79. The minimum Gasteiger partial charge on any atom is -0.399 e. The number of aryl methyl sites for hydroxylation is 1. The number of rotatable bonds is 3. The fraction of sp³-hybridized carbons (Fsp3) is 0.167.